The van der Waals surface area contributed by atoms with Crippen LogP contribution in [-0.2, 0) is 4.79 Å². The molecule has 0 aromatic carbocycles. The number of carbonyl (C=O) groups excluding carboxylic acids is 1. The van der Waals surface area contributed by atoms with E-state index in [2.05, 4.69) is 13.6 Å². The highest BCUT2D eigenvalue weighted by molar-refractivity contribution is 5.76. The summed E-state index contributed by atoms with van der Waals surface area (Å²) in [6.45, 7) is 6.56. The fourth-order valence-corrected chi connectivity index (χ4v) is 2.54. The Morgan fingerprint density at radius 2 is 1.43 bits per heavy atom. The van der Waals surface area contributed by atoms with Crippen molar-refractivity contribution < 1.29 is 4.79 Å². The van der Waals surface area contributed by atoms with Gasteiger partial charge in [0.05, 0.1) is 6.54 Å². The molecule has 4 nitrogen and oxygen atoms in total. The molecule has 0 spiro atoms. The second-order valence-corrected chi connectivity index (χ2v) is 5.87. The summed E-state index contributed by atoms with van der Waals surface area (Å²) in [5, 5.41) is 0. The second-order valence-electron chi connectivity index (χ2n) is 5.87. The molecule has 21 heavy (non-hydrogen) atoms. The lowest BCUT2D eigenvalue weighted by atomic mass is 10.1. The number of nitrogens with two attached hydrogens (primary N) is 1. The molecule has 0 bridgehead atoms. The van der Waals surface area contributed by atoms with E-state index in [1.54, 1.807) is 4.90 Å². The second kappa shape index (κ2) is 11.5. The highest BCUT2D eigenvalue weighted by Gasteiger charge is 2.15. The van der Waals surface area contributed by atoms with Crippen molar-refractivity contribution in [3.63, 3.8) is 0 Å². The summed E-state index contributed by atoms with van der Waals surface area (Å²) < 4.78 is 0. The largest absolute Gasteiger partial charge is 0.368 e. The summed E-state index contributed by atoms with van der Waals surface area (Å²) in [7, 11) is 0. The number of rotatable bonds is 13. The average Bonchev–Trinajstić information content (AvgIpc) is 2.87. The van der Waals surface area contributed by atoms with Gasteiger partial charge in [-0.15, -0.1) is 0 Å². The van der Waals surface area contributed by atoms with E-state index in [4.69, 9.17) is 5.73 Å². The predicted molar refractivity (Wildman–Crippen MR) is 86.8 cm³/mol. The lowest BCUT2D eigenvalue weighted by Gasteiger charge is -2.17. The fourth-order valence-electron chi connectivity index (χ4n) is 2.54. The Morgan fingerprint density at radius 1 is 0.905 bits per heavy atom. The van der Waals surface area contributed by atoms with E-state index in [0.717, 1.165) is 6.54 Å². The molecule has 120 valence electrons. The Hall–Kier alpha value is -1.19. The topological polar surface area (TPSA) is 49.6 Å². The van der Waals surface area contributed by atoms with E-state index in [9.17, 15) is 4.79 Å². The third-order valence-corrected chi connectivity index (χ3v) is 3.76. The van der Waals surface area contributed by atoms with E-state index in [1.165, 1.54) is 64.2 Å². The normalized spacial score (nSPS) is 14.1. The van der Waals surface area contributed by atoms with Crippen LogP contribution < -0.4 is 5.73 Å². The van der Waals surface area contributed by atoms with Crippen LogP contribution in [0.1, 0.15) is 71.1 Å². The SMILES string of the molecule is CCCCCCCCCCCCN1[C]N(CC(N)=O)C=C1. The van der Waals surface area contributed by atoms with Crippen molar-refractivity contribution in [3.8, 4) is 0 Å². The Morgan fingerprint density at radius 3 is 2.00 bits per heavy atom. The van der Waals surface area contributed by atoms with Gasteiger partial charge < -0.3 is 15.5 Å². The van der Waals surface area contributed by atoms with E-state index in [-0.39, 0.29) is 12.5 Å². The summed E-state index contributed by atoms with van der Waals surface area (Å²) in [4.78, 5) is 14.5. The van der Waals surface area contributed by atoms with Crippen molar-refractivity contribution in [1.29, 1.82) is 0 Å². The molecular weight excluding hydrogens is 262 g/mol. The van der Waals surface area contributed by atoms with E-state index in [1.807, 2.05) is 17.3 Å². The third kappa shape index (κ3) is 9.38. The Bertz CT molecular complexity index is 304. The van der Waals surface area contributed by atoms with Crippen molar-refractivity contribution >= 4 is 5.91 Å². The monoisotopic (exact) mass is 293 g/mol. The van der Waals surface area contributed by atoms with E-state index < -0.39 is 0 Å². The van der Waals surface area contributed by atoms with Gasteiger partial charge in [-0.05, 0) is 6.42 Å². The van der Waals surface area contributed by atoms with Crippen molar-refractivity contribution in [1.82, 2.24) is 9.80 Å². The zero-order valence-corrected chi connectivity index (χ0v) is 13.5. The molecular formula is C17H31N3O. The Kier molecular flexibility index (Phi) is 9.75. The first-order valence-corrected chi connectivity index (χ1v) is 8.48. The summed E-state index contributed by atoms with van der Waals surface area (Å²) in [6, 6.07) is 0. The van der Waals surface area contributed by atoms with Gasteiger partial charge in [0.15, 0.2) is 0 Å². The first-order chi connectivity index (χ1) is 10.2. The zero-order chi connectivity index (χ0) is 15.3. The molecule has 1 rings (SSSR count). The van der Waals surface area contributed by atoms with Crippen LogP contribution in [0, 0.1) is 6.67 Å². The quantitative estimate of drug-likeness (QED) is 0.529. The highest BCUT2D eigenvalue weighted by Crippen LogP contribution is 2.14. The molecule has 2 N–H and O–H groups in total. The van der Waals surface area contributed by atoms with Crippen LogP contribution in [-0.4, -0.2) is 28.8 Å². The molecule has 1 aliphatic heterocycles. The maximum Gasteiger partial charge on any atom is 0.237 e. The van der Waals surface area contributed by atoms with Gasteiger partial charge in [0.2, 0.25) is 12.6 Å². The first kappa shape index (κ1) is 17.9. The number of unbranched alkanes of at least 4 members (excludes halogenated alkanes) is 9. The summed E-state index contributed by atoms with van der Waals surface area (Å²) in [5.74, 6) is -0.326. The van der Waals surface area contributed by atoms with Crippen LogP contribution in [0.15, 0.2) is 12.4 Å². The van der Waals surface area contributed by atoms with Crippen LogP contribution in [0.5, 0.6) is 0 Å². The number of primary amides is 1. The fraction of sp³-hybridized carbons (Fsp3) is 0.765. The predicted octanol–water partition coefficient (Wildman–Crippen LogP) is 3.48. The molecule has 0 aromatic heterocycles. The lowest BCUT2D eigenvalue weighted by Crippen LogP contribution is -2.29. The smallest absolute Gasteiger partial charge is 0.237 e. The lowest BCUT2D eigenvalue weighted by molar-refractivity contribution is -0.118. The van der Waals surface area contributed by atoms with E-state index in [0.29, 0.717) is 0 Å². The highest BCUT2D eigenvalue weighted by atomic mass is 16.1. The van der Waals surface area contributed by atoms with Crippen LogP contribution in [0.3, 0.4) is 0 Å². The van der Waals surface area contributed by atoms with Gasteiger partial charge >= 0.3 is 0 Å². The molecule has 0 fully saturated rings. The molecule has 1 heterocycles. The average molecular weight is 293 g/mol. The molecule has 0 aliphatic carbocycles. The molecule has 0 atom stereocenters. The van der Waals surface area contributed by atoms with Crippen molar-refractivity contribution in [2.75, 3.05) is 13.1 Å². The number of amides is 1. The molecule has 1 amide bonds. The molecule has 4 heteroatoms. The minimum Gasteiger partial charge on any atom is -0.368 e. The Labute approximate surface area is 130 Å². The standard InChI is InChI=1S/C17H31N3O/c1-2-3-4-5-6-7-8-9-10-11-12-19-13-14-20(16-19)15-17(18)21/h13-14H,2-12,15H2,1H3,(H2,18,21). The molecule has 0 saturated heterocycles. The maximum atomic E-state index is 10.8. The van der Waals surface area contributed by atoms with Gasteiger partial charge in [-0.1, -0.05) is 64.7 Å². The summed E-state index contributed by atoms with van der Waals surface area (Å²) in [5.41, 5.74) is 5.15. The number of nitrogens with zero attached hydrogens (tertiary/aromatic N) is 2. The zero-order valence-electron chi connectivity index (χ0n) is 13.5. The Balaban J connectivity index is 1.85. The number of carbonyl (C=O) groups is 1. The number of hydrogen-bond acceptors (Lipinski definition) is 3. The summed E-state index contributed by atoms with van der Waals surface area (Å²) in [6.07, 6.45) is 17.3. The van der Waals surface area contributed by atoms with Gasteiger partial charge in [-0.2, -0.15) is 0 Å². The first-order valence-electron chi connectivity index (χ1n) is 8.48. The van der Waals surface area contributed by atoms with Gasteiger partial charge in [0.1, 0.15) is 0 Å². The molecule has 0 unspecified atom stereocenters. The van der Waals surface area contributed by atoms with Crippen LogP contribution in [0.4, 0.5) is 0 Å². The maximum absolute atomic E-state index is 10.8. The minimum atomic E-state index is -0.326. The molecule has 0 saturated carbocycles. The van der Waals surface area contributed by atoms with Crippen LogP contribution in [0.25, 0.3) is 0 Å². The van der Waals surface area contributed by atoms with Crippen molar-refractivity contribution in [3.05, 3.63) is 19.1 Å². The van der Waals surface area contributed by atoms with Gasteiger partial charge in [-0.25, -0.2) is 0 Å². The van der Waals surface area contributed by atoms with Crippen LogP contribution in [0.2, 0.25) is 0 Å². The van der Waals surface area contributed by atoms with Crippen molar-refractivity contribution in [2.24, 2.45) is 5.73 Å². The van der Waals surface area contributed by atoms with Crippen molar-refractivity contribution in [2.45, 2.75) is 71.1 Å². The third-order valence-electron chi connectivity index (χ3n) is 3.76. The van der Waals surface area contributed by atoms with Gasteiger partial charge in [0, 0.05) is 18.9 Å². The minimum absolute atomic E-state index is 0.213. The number of hydrogen-bond donors (Lipinski definition) is 1. The molecule has 0 aromatic rings. The van der Waals surface area contributed by atoms with E-state index >= 15 is 0 Å². The molecule has 2 radical (unpaired) electrons. The summed E-state index contributed by atoms with van der Waals surface area (Å²) >= 11 is 0. The molecule has 1 aliphatic rings. The van der Waals surface area contributed by atoms with Crippen LogP contribution >= 0.6 is 0 Å². The van der Waals surface area contributed by atoms with Gasteiger partial charge in [-0.3, -0.25) is 4.79 Å². The van der Waals surface area contributed by atoms with Gasteiger partial charge in [0.25, 0.3) is 0 Å².